The second-order valence-electron chi connectivity index (χ2n) is 6.76. The molecule has 0 bridgehead atoms. The van der Waals surface area contributed by atoms with E-state index in [0.717, 1.165) is 32.2 Å². The lowest BCUT2D eigenvalue weighted by Gasteiger charge is -2.34. The van der Waals surface area contributed by atoms with Gasteiger partial charge in [-0.1, -0.05) is 6.92 Å². The first-order valence-electron chi connectivity index (χ1n) is 8.37. The van der Waals surface area contributed by atoms with Gasteiger partial charge in [-0.15, -0.1) is 0 Å². The molecule has 2 fully saturated rings. The van der Waals surface area contributed by atoms with Gasteiger partial charge in [0.2, 0.25) is 0 Å². The second kappa shape index (κ2) is 8.32. The molecule has 0 aromatic carbocycles. The highest BCUT2D eigenvalue weighted by atomic mass is 16.5. The standard InChI is InChI=1S/C16H33N3O/c1-4-17-16(15-7-10-20-13-15)12-19(3)11-14-5-8-18(2)9-6-14/h14-17H,4-13H2,1-3H3. The summed E-state index contributed by atoms with van der Waals surface area (Å²) in [6.45, 7) is 10.1. The number of ether oxygens (including phenoxy) is 1. The number of nitrogens with one attached hydrogen (secondary N) is 1. The van der Waals surface area contributed by atoms with Crippen LogP contribution in [-0.4, -0.2) is 75.9 Å². The lowest BCUT2D eigenvalue weighted by molar-refractivity contribution is 0.147. The molecule has 2 aliphatic heterocycles. The molecule has 2 rings (SSSR count). The van der Waals surface area contributed by atoms with Gasteiger partial charge in [0.1, 0.15) is 0 Å². The van der Waals surface area contributed by atoms with Crippen LogP contribution < -0.4 is 5.32 Å². The fraction of sp³-hybridized carbons (Fsp3) is 1.00. The number of hydrogen-bond acceptors (Lipinski definition) is 4. The molecule has 2 unspecified atom stereocenters. The molecule has 0 aromatic rings. The zero-order chi connectivity index (χ0) is 14.4. The molecule has 0 radical (unpaired) electrons. The molecule has 0 aliphatic carbocycles. The molecular formula is C16H33N3O. The van der Waals surface area contributed by atoms with Crippen LogP contribution in [0.2, 0.25) is 0 Å². The lowest BCUT2D eigenvalue weighted by Crippen LogP contribution is -2.46. The molecule has 4 heteroatoms. The van der Waals surface area contributed by atoms with Gasteiger partial charge >= 0.3 is 0 Å². The van der Waals surface area contributed by atoms with E-state index in [-0.39, 0.29) is 0 Å². The van der Waals surface area contributed by atoms with Crippen molar-refractivity contribution in [2.45, 2.75) is 32.2 Å². The first-order valence-corrected chi connectivity index (χ1v) is 8.37. The Morgan fingerprint density at radius 3 is 2.65 bits per heavy atom. The Labute approximate surface area is 124 Å². The van der Waals surface area contributed by atoms with Crippen LogP contribution in [-0.2, 0) is 4.74 Å². The van der Waals surface area contributed by atoms with Crippen LogP contribution in [0, 0.1) is 11.8 Å². The molecule has 2 saturated heterocycles. The zero-order valence-electron chi connectivity index (χ0n) is 13.6. The fourth-order valence-corrected chi connectivity index (χ4v) is 3.61. The Hall–Kier alpha value is -0.160. The maximum absolute atomic E-state index is 5.56. The number of likely N-dealkylation sites (tertiary alicyclic amines) is 1. The summed E-state index contributed by atoms with van der Waals surface area (Å²) >= 11 is 0. The third-order valence-corrected chi connectivity index (χ3v) is 4.92. The van der Waals surface area contributed by atoms with Crippen LogP contribution in [0.4, 0.5) is 0 Å². The normalized spacial score (nSPS) is 27.3. The van der Waals surface area contributed by atoms with E-state index in [1.807, 2.05) is 0 Å². The van der Waals surface area contributed by atoms with Crippen molar-refractivity contribution in [1.82, 2.24) is 15.1 Å². The molecule has 0 amide bonds. The third kappa shape index (κ3) is 4.99. The fourth-order valence-electron chi connectivity index (χ4n) is 3.61. The van der Waals surface area contributed by atoms with E-state index in [2.05, 4.69) is 36.1 Å². The summed E-state index contributed by atoms with van der Waals surface area (Å²) in [4.78, 5) is 5.00. The van der Waals surface area contributed by atoms with Crippen LogP contribution in [0.25, 0.3) is 0 Å². The van der Waals surface area contributed by atoms with Gasteiger partial charge in [0.25, 0.3) is 0 Å². The van der Waals surface area contributed by atoms with Crippen molar-refractivity contribution in [3.8, 4) is 0 Å². The smallest absolute Gasteiger partial charge is 0.0510 e. The van der Waals surface area contributed by atoms with Crippen LogP contribution in [0.3, 0.4) is 0 Å². The van der Waals surface area contributed by atoms with E-state index in [4.69, 9.17) is 4.74 Å². The summed E-state index contributed by atoms with van der Waals surface area (Å²) in [5.41, 5.74) is 0. The van der Waals surface area contributed by atoms with Crippen LogP contribution in [0.1, 0.15) is 26.2 Å². The monoisotopic (exact) mass is 283 g/mol. The second-order valence-corrected chi connectivity index (χ2v) is 6.76. The van der Waals surface area contributed by atoms with E-state index < -0.39 is 0 Å². The molecule has 20 heavy (non-hydrogen) atoms. The van der Waals surface area contributed by atoms with Crippen molar-refractivity contribution in [2.75, 3.05) is 60.0 Å². The first kappa shape index (κ1) is 16.2. The Balaban J connectivity index is 1.74. The maximum Gasteiger partial charge on any atom is 0.0510 e. The third-order valence-electron chi connectivity index (χ3n) is 4.92. The van der Waals surface area contributed by atoms with Gasteiger partial charge in [0.15, 0.2) is 0 Å². The van der Waals surface area contributed by atoms with Crippen LogP contribution in [0.15, 0.2) is 0 Å². The highest BCUT2D eigenvalue weighted by Gasteiger charge is 2.27. The van der Waals surface area contributed by atoms with Gasteiger partial charge in [-0.25, -0.2) is 0 Å². The minimum atomic E-state index is 0.596. The van der Waals surface area contributed by atoms with Crippen molar-refractivity contribution >= 4 is 0 Å². The number of hydrogen-bond donors (Lipinski definition) is 1. The molecule has 118 valence electrons. The summed E-state index contributed by atoms with van der Waals surface area (Å²) in [5, 5.41) is 3.67. The van der Waals surface area contributed by atoms with E-state index in [1.54, 1.807) is 0 Å². The summed E-state index contributed by atoms with van der Waals surface area (Å²) in [5.74, 6) is 1.59. The van der Waals surface area contributed by atoms with E-state index in [9.17, 15) is 0 Å². The maximum atomic E-state index is 5.56. The van der Waals surface area contributed by atoms with Gasteiger partial charge in [0.05, 0.1) is 6.61 Å². The molecule has 2 atom stereocenters. The van der Waals surface area contributed by atoms with Gasteiger partial charge in [-0.3, -0.25) is 0 Å². The van der Waals surface area contributed by atoms with Gasteiger partial charge in [0, 0.05) is 31.7 Å². The molecule has 2 heterocycles. The van der Waals surface area contributed by atoms with Gasteiger partial charge in [-0.05, 0) is 58.9 Å². The first-order chi connectivity index (χ1) is 9.69. The van der Waals surface area contributed by atoms with Crippen molar-refractivity contribution < 1.29 is 4.74 Å². The minimum absolute atomic E-state index is 0.596. The molecule has 4 nitrogen and oxygen atoms in total. The summed E-state index contributed by atoms with van der Waals surface area (Å²) < 4.78 is 5.56. The van der Waals surface area contributed by atoms with Crippen molar-refractivity contribution in [3.63, 3.8) is 0 Å². The van der Waals surface area contributed by atoms with Crippen molar-refractivity contribution in [1.29, 1.82) is 0 Å². The summed E-state index contributed by atoms with van der Waals surface area (Å²) in [7, 11) is 4.53. The quantitative estimate of drug-likeness (QED) is 0.762. The Bertz CT molecular complexity index is 260. The number of rotatable bonds is 7. The molecule has 0 spiro atoms. The summed E-state index contributed by atoms with van der Waals surface area (Å²) in [6, 6.07) is 0.596. The number of likely N-dealkylation sites (N-methyl/N-ethyl adjacent to an activating group) is 2. The number of piperidine rings is 1. The summed E-state index contributed by atoms with van der Waals surface area (Å²) in [6.07, 6.45) is 3.94. The Morgan fingerprint density at radius 2 is 2.05 bits per heavy atom. The molecule has 0 saturated carbocycles. The Kier molecular flexibility index (Phi) is 6.75. The van der Waals surface area contributed by atoms with E-state index >= 15 is 0 Å². The Morgan fingerprint density at radius 1 is 1.30 bits per heavy atom. The largest absolute Gasteiger partial charge is 0.381 e. The number of nitrogens with zero attached hydrogens (tertiary/aromatic N) is 2. The highest BCUT2D eigenvalue weighted by molar-refractivity contribution is 4.82. The predicted octanol–water partition coefficient (Wildman–Crippen LogP) is 1.27. The van der Waals surface area contributed by atoms with Gasteiger partial charge < -0.3 is 19.9 Å². The average molecular weight is 283 g/mol. The van der Waals surface area contributed by atoms with Crippen molar-refractivity contribution in [3.05, 3.63) is 0 Å². The molecular weight excluding hydrogens is 250 g/mol. The minimum Gasteiger partial charge on any atom is -0.381 e. The molecule has 1 N–H and O–H groups in total. The average Bonchev–Trinajstić information content (AvgIpc) is 2.95. The van der Waals surface area contributed by atoms with Crippen LogP contribution in [0.5, 0.6) is 0 Å². The highest BCUT2D eigenvalue weighted by Crippen LogP contribution is 2.20. The SMILES string of the molecule is CCNC(CN(C)CC1CCN(C)CC1)C1CCOC1. The van der Waals surface area contributed by atoms with Crippen molar-refractivity contribution in [2.24, 2.45) is 11.8 Å². The molecule has 0 aromatic heterocycles. The predicted molar refractivity (Wildman–Crippen MR) is 84.1 cm³/mol. The van der Waals surface area contributed by atoms with E-state index in [1.165, 1.54) is 38.9 Å². The zero-order valence-corrected chi connectivity index (χ0v) is 13.6. The topological polar surface area (TPSA) is 27.7 Å². The lowest BCUT2D eigenvalue weighted by atomic mass is 9.95. The van der Waals surface area contributed by atoms with E-state index in [0.29, 0.717) is 12.0 Å². The van der Waals surface area contributed by atoms with Crippen LogP contribution >= 0.6 is 0 Å². The molecule has 2 aliphatic rings. The van der Waals surface area contributed by atoms with Gasteiger partial charge in [-0.2, -0.15) is 0 Å².